The zero-order chi connectivity index (χ0) is 14.0. The molecule has 0 heterocycles. The van der Waals surface area contributed by atoms with Gasteiger partial charge in [-0.15, -0.1) is 0 Å². The first-order valence-electron chi connectivity index (χ1n) is 5.60. The smallest absolute Gasteiger partial charge is 0.255 e. The van der Waals surface area contributed by atoms with E-state index in [0.29, 0.717) is 21.8 Å². The Morgan fingerprint density at radius 3 is 2.74 bits per heavy atom. The van der Waals surface area contributed by atoms with Gasteiger partial charge in [0.15, 0.2) is 0 Å². The van der Waals surface area contributed by atoms with E-state index in [1.54, 1.807) is 25.1 Å². The Labute approximate surface area is 115 Å². The summed E-state index contributed by atoms with van der Waals surface area (Å²) in [6.07, 6.45) is 0. The molecule has 0 aliphatic carbocycles. The third-order valence-corrected chi connectivity index (χ3v) is 3.18. The van der Waals surface area contributed by atoms with Gasteiger partial charge < -0.3 is 11.1 Å². The highest BCUT2D eigenvalue weighted by Gasteiger charge is 2.11. The van der Waals surface area contributed by atoms with Crippen LogP contribution in [0.2, 0.25) is 5.02 Å². The molecule has 2 aromatic rings. The first kappa shape index (κ1) is 13.4. The number of carbonyl (C=O) groups is 1. The lowest BCUT2D eigenvalue weighted by atomic mass is 10.1. The molecule has 3 N–H and O–H groups in total. The van der Waals surface area contributed by atoms with Crippen molar-refractivity contribution in [3.8, 4) is 0 Å². The van der Waals surface area contributed by atoms with Crippen LogP contribution in [0.3, 0.4) is 0 Å². The summed E-state index contributed by atoms with van der Waals surface area (Å²) in [4.78, 5) is 12.1. The number of hydrogen-bond acceptors (Lipinski definition) is 2. The molecule has 0 bridgehead atoms. The van der Waals surface area contributed by atoms with Crippen molar-refractivity contribution in [2.75, 3.05) is 11.1 Å². The van der Waals surface area contributed by atoms with Crippen LogP contribution >= 0.6 is 11.6 Å². The third-order valence-electron chi connectivity index (χ3n) is 2.77. The number of hydrogen-bond donors (Lipinski definition) is 2. The van der Waals surface area contributed by atoms with Gasteiger partial charge in [-0.3, -0.25) is 4.79 Å². The molecular formula is C14H12ClFN2O. The number of anilines is 2. The maximum absolute atomic E-state index is 13.0. The maximum atomic E-state index is 13.0. The topological polar surface area (TPSA) is 55.1 Å². The van der Waals surface area contributed by atoms with Crippen molar-refractivity contribution in [3.05, 3.63) is 58.4 Å². The lowest BCUT2D eigenvalue weighted by Crippen LogP contribution is -2.13. The molecule has 1 amide bonds. The molecule has 0 atom stereocenters. The Kier molecular flexibility index (Phi) is 3.71. The van der Waals surface area contributed by atoms with Crippen molar-refractivity contribution in [2.24, 2.45) is 0 Å². The highest BCUT2D eigenvalue weighted by molar-refractivity contribution is 6.32. The van der Waals surface area contributed by atoms with E-state index in [4.69, 9.17) is 17.3 Å². The predicted molar refractivity (Wildman–Crippen MR) is 75.0 cm³/mol. The summed E-state index contributed by atoms with van der Waals surface area (Å²) in [5.74, 6) is -0.831. The van der Waals surface area contributed by atoms with E-state index >= 15 is 0 Å². The molecule has 0 spiro atoms. The van der Waals surface area contributed by atoms with E-state index in [2.05, 4.69) is 5.32 Å². The van der Waals surface area contributed by atoms with E-state index in [-0.39, 0.29) is 11.6 Å². The zero-order valence-corrected chi connectivity index (χ0v) is 11.0. The molecule has 2 rings (SSSR count). The van der Waals surface area contributed by atoms with Gasteiger partial charge >= 0.3 is 0 Å². The lowest BCUT2D eigenvalue weighted by Gasteiger charge is -2.09. The van der Waals surface area contributed by atoms with Crippen LogP contribution in [0.25, 0.3) is 0 Å². The summed E-state index contributed by atoms with van der Waals surface area (Å²) < 4.78 is 13.0. The second kappa shape index (κ2) is 5.28. The summed E-state index contributed by atoms with van der Waals surface area (Å²) in [5, 5.41) is 3.17. The molecule has 0 saturated heterocycles. The van der Waals surface area contributed by atoms with Crippen LogP contribution in [-0.2, 0) is 0 Å². The molecule has 0 aliphatic heterocycles. The second-order valence-electron chi connectivity index (χ2n) is 4.10. The summed E-state index contributed by atoms with van der Waals surface area (Å²) in [5.41, 5.74) is 7.02. The first-order chi connectivity index (χ1) is 8.99. The number of nitrogen functional groups attached to an aromatic ring is 1. The van der Waals surface area contributed by atoms with Crippen molar-refractivity contribution in [1.82, 2.24) is 0 Å². The fourth-order valence-corrected chi connectivity index (χ4v) is 1.85. The highest BCUT2D eigenvalue weighted by Crippen LogP contribution is 2.21. The second-order valence-corrected chi connectivity index (χ2v) is 4.51. The molecular weight excluding hydrogens is 267 g/mol. The van der Waals surface area contributed by atoms with E-state index in [1.165, 1.54) is 18.2 Å². The Hall–Kier alpha value is -2.07. The molecule has 0 aromatic heterocycles. The number of carbonyl (C=O) groups excluding carboxylic acids is 1. The van der Waals surface area contributed by atoms with Gasteiger partial charge in [0.1, 0.15) is 5.82 Å². The average molecular weight is 279 g/mol. The van der Waals surface area contributed by atoms with Crippen LogP contribution < -0.4 is 11.1 Å². The maximum Gasteiger partial charge on any atom is 0.255 e. The number of nitrogens with one attached hydrogen (secondary N) is 1. The third kappa shape index (κ3) is 2.85. The fourth-order valence-electron chi connectivity index (χ4n) is 1.67. The van der Waals surface area contributed by atoms with Gasteiger partial charge in [-0.05, 0) is 42.8 Å². The van der Waals surface area contributed by atoms with E-state index in [0.717, 1.165) is 0 Å². The van der Waals surface area contributed by atoms with Gasteiger partial charge in [0.2, 0.25) is 0 Å². The van der Waals surface area contributed by atoms with E-state index in [1.807, 2.05) is 0 Å². The monoisotopic (exact) mass is 278 g/mol. The predicted octanol–water partition coefficient (Wildman–Crippen LogP) is 3.62. The normalized spacial score (nSPS) is 10.3. The summed E-state index contributed by atoms with van der Waals surface area (Å²) in [6, 6.07) is 9.10. The molecule has 0 unspecified atom stereocenters. The number of nitrogens with two attached hydrogens (primary N) is 1. The molecule has 0 saturated carbocycles. The minimum Gasteiger partial charge on any atom is -0.396 e. The SMILES string of the molecule is Cc1c(Cl)cccc1C(=O)Nc1ccc(F)c(N)c1. The minimum absolute atomic E-state index is 0.0133. The van der Waals surface area contributed by atoms with E-state index < -0.39 is 5.82 Å². The molecule has 98 valence electrons. The Balaban J connectivity index is 2.26. The van der Waals surface area contributed by atoms with E-state index in [9.17, 15) is 9.18 Å². The van der Waals surface area contributed by atoms with Gasteiger partial charge in [-0.1, -0.05) is 17.7 Å². The quantitative estimate of drug-likeness (QED) is 0.824. The van der Waals surface area contributed by atoms with Crippen molar-refractivity contribution in [3.63, 3.8) is 0 Å². The number of amides is 1. The van der Waals surface area contributed by atoms with Gasteiger partial charge in [-0.25, -0.2) is 4.39 Å². The largest absolute Gasteiger partial charge is 0.396 e. The molecule has 5 heteroatoms. The summed E-state index contributed by atoms with van der Waals surface area (Å²) >= 11 is 5.96. The Morgan fingerprint density at radius 1 is 1.32 bits per heavy atom. The first-order valence-corrected chi connectivity index (χ1v) is 5.98. The molecule has 0 fully saturated rings. The van der Waals surface area contributed by atoms with Crippen molar-refractivity contribution < 1.29 is 9.18 Å². The summed E-state index contributed by atoms with van der Waals surface area (Å²) in [7, 11) is 0. The zero-order valence-electron chi connectivity index (χ0n) is 10.2. The van der Waals surface area contributed by atoms with Crippen molar-refractivity contribution in [2.45, 2.75) is 6.92 Å². The van der Waals surface area contributed by atoms with Crippen LogP contribution in [0, 0.1) is 12.7 Å². The number of benzene rings is 2. The van der Waals surface area contributed by atoms with Crippen molar-refractivity contribution >= 4 is 28.9 Å². The molecule has 0 aliphatic rings. The van der Waals surface area contributed by atoms with Gasteiger partial charge in [0.25, 0.3) is 5.91 Å². The Bertz CT molecular complexity index is 643. The van der Waals surface area contributed by atoms with Crippen LogP contribution in [0.1, 0.15) is 15.9 Å². The molecule has 0 radical (unpaired) electrons. The van der Waals surface area contributed by atoms with Crippen LogP contribution in [0.4, 0.5) is 15.8 Å². The van der Waals surface area contributed by atoms with Gasteiger partial charge in [0, 0.05) is 16.3 Å². The minimum atomic E-state index is -0.517. The van der Waals surface area contributed by atoms with Crippen LogP contribution in [0.15, 0.2) is 36.4 Å². The summed E-state index contributed by atoms with van der Waals surface area (Å²) in [6.45, 7) is 1.76. The van der Waals surface area contributed by atoms with Crippen LogP contribution in [-0.4, -0.2) is 5.91 Å². The van der Waals surface area contributed by atoms with Gasteiger partial charge in [-0.2, -0.15) is 0 Å². The Morgan fingerprint density at radius 2 is 2.05 bits per heavy atom. The fraction of sp³-hybridized carbons (Fsp3) is 0.0714. The van der Waals surface area contributed by atoms with Crippen molar-refractivity contribution in [1.29, 1.82) is 0 Å². The number of rotatable bonds is 2. The molecule has 3 nitrogen and oxygen atoms in total. The van der Waals surface area contributed by atoms with Gasteiger partial charge in [0.05, 0.1) is 5.69 Å². The number of halogens is 2. The molecule has 19 heavy (non-hydrogen) atoms. The lowest BCUT2D eigenvalue weighted by molar-refractivity contribution is 0.102. The molecule has 2 aromatic carbocycles. The average Bonchev–Trinajstić information content (AvgIpc) is 2.37. The highest BCUT2D eigenvalue weighted by atomic mass is 35.5. The van der Waals surface area contributed by atoms with Crippen LogP contribution in [0.5, 0.6) is 0 Å². The standard InChI is InChI=1S/C14H12ClFN2O/c1-8-10(3-2-4-11(8)15)14(19)18-9-5-6-12(16)13(17)7-9/h2-7H,17H2,1H3,(H,18,19).